The number of ether oxygens (including phenoxy) is 1. The molecule has 15 heteroatoms. The van der Waals surface area contributed by atoms with Gasteiger partial charge in [-0.15, -0.1) is 12.4 Å². The Hall–Kier alpha value is -2.48. The summed E-state index contributed by atoms with van der Waals surface area (Å²) >= 11 is 0. The number of nitrogens with two attached hydrogens (primary N) is 1. The van der Waals surface area contributed by atoms with Gasteiger partial charge in [-0.25, -0.2) is 4.79 Å². The number of hydrogen-bond acceptors (Lipinski definition) is 5. The summed E-state index contributed by atoms with van der Waals surface area (Å²) in [5.74, 6) is 0. The van der Waals surface area contributed by atoms with Gasteiger partial charge in [-0.1, -0.05) is 0 Å². The minimum atomic E-state index is -4.60. The molecule has 2 aromatic heterocycles. The van der Waals surface area contributed by atoms with Crippen LogP contribution in [-0.2, 0) is 55.9 Å². The van der Waals surface area contributed by atoms with E-state index in [9.17, 15) is 31.1 Å². The molecule has 2 aliphatic carbocycles. The molecule has 4 rings (SSSR count). The van der Waals surface area contributed by atoms with E-state index in [1.54, 1.807) is 20.8 Å². The Balaban J connectivity index is 0.00000441. The molecule has 2 aliphatic rings. The quantitative estimate of drug-likeness (QED) is 0.348. The van der Waals surface area contributed by atoms with Crippen LogP contribution in [0.1, 0.15) is 80.4 Å². The largest absolute Gasteiger partial charge is 0.435 e. The molecule has 0 aromatic carbocycles. The molecule has 0 fully saturated rings. The molecule has 2 heterocycles. The van der Waals surface area contributed by atoms with Crippen LogP contribution in [0.5, 0.6) is 0 Å². The van der Waals surface area contributed by atoms with Gasteiger partial charge in [0, 0.05) is 34.6 Å². The van der Waals surface area contributed by atoms with Crippen LogP contribution in [0.3, 0.4) is 0 Å². The molecule has 0 bridgehead atoms. The second kappa shape index (κ2) is 11.8. The standard InChI is InChI=1S/C25H34F6N6O2.ClH/c1-23(2,3)35(12-13-36-17-10-6-4-8-15(17)20(33-36)24(26,27)28)22(38)39-19(32)14-37-18-11-7-5-9-16(18)21(34-37)25(29,30)31;/h19H,4-14,32H2,1-3H3;1H. The average molecular weight is 601 g/mol. The van der Waals surface area contributed by atoms with Crippen molar-refractivity contribution in [2.75, 3.05) is 6.54 Å². The van der Waals surface area contributed by atoms with Gasteiger partial charge in [0.05, 0.1) is 13.1 Å². The third-order valence-corrected chi connectivity index (χ3v) is 7.22. The number of carbonyl (C=O) groups excluding carboxylic acids is 1. The maximum absolute atomic E-state index is 13.6. The van der Waals surface area contributed by atoms with Crippen molar-refractivity contribution < 1.29 is 35.9 Å². The highest BCUT2D eigenvalue weighted by atomic mass is 35.5. The molecule has 0 saturated heterocycles. The van der Waals surface area contributed by atoms with Gasteiger partial charge in [0.2, 0.25) is 0 Å². The summed E-state index contributed by atoms with van der Waals surface area (Å²) in [5.41, 5.74) is 4.76. The fourth-order valence-electron chi connectivity index (χ4n) is 5.43. The van der Waals surface area contributed by atoms with Gasteiger partial charge in [0.15, 0.2) is 17.6 Å². The zero-order valence-corrected chi connectivity index (χ0v) is 23.5. The first-order valence-corrected chi connectivity index (χ1v) is 13.1. The number of hydrogen-bond donors (Lipinski definition) is 1. The zero-order chi connectivity index (χ0) is 28.8. The summed E-state index contributed by atoms with van der Waals surface area (Å²) in [4.78, 5) is 14.5. The molecule has 0 spiro atoms. The Morgan fingerprint density at radius 3 is 1.80 bits per heavy atom. The van der Waals surface area contributed by atoms with Gasteiger partial charge >= 0.3 is 18.4 Å². The molecular weight excluding hydrogens is 566 g/mol. The highest BCUT2D eigenvalue weighted by Gasteiger charge is 2.41. The summed E-state index contributed by atoms with van der Waals surface area (Å²) in [6, 6.07) is 0. The maximum atomic E-state index is 13.6. The number of fused-ring (bicyclic) bond motifs is 2. The lowest BCUT2D eigenvalue weighted by Crippen LogP contribution is -2.49. The number of rotatable bonds is 6. The molecule has 1 unspecified atom stereocenters. The predicted molar refractivity (Wildman–Crippen MR) is 136 cm³/mol. The second-order valence-corrected chi connectivity index (χ2v) is 11.1. The van der Waals surface area contributed by atoms with Crippen molar-refractivity contribution in [2.24, 2.45) is 5.73 Å². The maximum Gasteiger partial charge on any atom is 0.435 e. The van der Waals surface area contributed by atoms with Crippen LogP contribution in [-0.4, -0.2) is 48.9 Å². The highest BCUT2D eigenvalue weighted by Crippen LogP contribution is 2.37. The lowest BCUT2D eigenvalue weighted by atomic mass is 9.95. The number of nitrogens with zero attached hydrogens (tertiary/aromatic N) is 5. The SMILES string of the molecule is CC(C)(C)N(CCn1nc(C(F)(F)F)c2c1CCCC2)C(=O)OC(N)Cn1nc(C(F)(F)F)c2c1CCCC2.Cl. The number of aromatic nitrogens is 4. The van der Waals surface area contributed by atoms with Gasteiger partial charge in [0.25, 0.3) is 0 Å². The van der Waals surface area contributed by atoms with E-state index in [-0.39, 0.29) is 49.6 Å². The molecule has 1 atom stereocenters. The van der Waals surface area contributed by atoms with Crippen LogP contribution in [0.15, 0.2) is 0 Å². The Labute approximate surface area is 234 Å². The van der Waals surface area contributed by atoms with E-state index in [2.05, 4.69) is 10.2 Å². The van der Waals surface area contributed by atoms with Crippen molar-refractivity contribution in [1.29, 1.82) is 0 Å². The molecule has 0 radical (unpaired) electrons. The van der Waals surface area contributed by atoms with Crippen LogP contribution >= 0.6 is 12.4 Å². The van der Waals surface area contributed by atoms with Crippen molar-refractivity contribution in [2.45, 2.75) is 109 Å². The van der Waals surface area contributed by atoms with Crippen molar-refractivity contribution in [3.63, 3.8) is 0 Å². The highest BCUT2D eigenvalue weighted by molar-refractivity contribution is 5.85. The van der Waals surface area contributed by atoms with Gasteiger partial charge in [-0.2, -0.15) is 36.5 Å². The summed E-state index contributed by atoms with van der Waals surface area (Å²) in [6.45, 7) is 4.96. The normalized spacial score (nSPS) is 16.6. The molecule has 1 amide bonds. The summed E-state index contributed by atoms with van der Waals surface area (Å²) < 4.78 is 89.1. The first-order chi connectivity index (χ1) is 18.1. The van der Waals surface area contributed by atoms with Gasteiger partial charge in [-0.3, -0.25) is 15.1 Å². The fourth-order valence-corrected chi connectivity index (χ4v) is 5.43. The average Bonchev–Trinajstić information content (AvgIpc) is 3.37. The molecule has 226 valence electrons. The Morgan fingerprint density at radius 2 is 1.32 bits per heavy atom. The Bertz CT molecular complexity index is 1200. The fraction of sp³-hybridized carbons (Fsp3) is 0.720. The zero-order valence-electron chi connectivity index (χ0n) is 22.7. The monoisotopic (exact) mass is 600 g/mol. The van der Waals surface area contributed by atoms with E-state index in [1.165, 1.54) is 14.3 Å². The summed E-state index contributed by atoms with van der Waals surface area (Å²) in [5, 5.41) is 7.59. The molecular formula is C25H35ClF6N6O2. The number of halogens is 7. The summed E-state index contributed by atoms with van der Waals surface area (Å²) in [6.07, 6.45) is -7.07. The number of amides is 1. The summed E-state index contributed by atoms with van der Waals surface area (Å²) in [7, 11) is 0. The van der Waals surface area contributed by atoms with Crippen molar-refractivity contribution in [1.82, 2.24) is 24.5 Å². The molecule has 2 aromatic rings. The minimum Gasteiger partial charge on any atom is -0.428 e. The van der Waals surface area contributed by atoms with Gasteiger partial charge in [0.1, 0.15) is 0 Å². The molecule has 2 N–H and O–H groups in total. The van der Waals surface area contributed by atoms with Crippen LogP contribution in [0.25, 0.3) is 0 Å². The van der Waals surface area contributed by atoms with Gasteiger partial charge < -0.3 is 9.64 Å². The Kier molecular flexibility index (Phi) is 9.44. The molecule has 40 heavy (non-hydrogen) atoms. The van der Waals surface area contributed by atoms with Crippen molar-refractivity contribution in [3.8, 4) is 0 Å². The third-order valence-electron chi connectivity index (χ3n) is 7.22. The lowest BCUT2D eigenvalue weighted by molar-refractivity contribution is -0.143. The molecule has 8 nitrogen and oxygen atoms in total. The number of alkyl halides is 6. The molecule has 0 aliphatic heterocycles. The predicted octanol–water partition coefficient (Wildman–Crippen LogP) is 5.52. The van der Waals surface area contributed by atoms with E-state index in [0.29, 0.717) is 43.5 Å². The van der Waals surface area contributed by atoms with Crippen molar-refractivity contribution >= 4 is 18.5 Å². The van der Waals surface area contributed by atoms with Crippen LogP contribution in [0.4, 0.5) is 31.1 Å². The van der Waals surface area contributed by atoms with Crippen LogP contribution in [0, 0.1) is 0 Å². The first kappa shape index (κ1) is 32.0. The van der Waals surface area contributed by atoms with E-state index in [0.717, 1.165) is 12.8 Å². The van der Waals surface area contributed by atoms with E-state index < -0.39 is 41.6 Å². The first-order valence-electron chi connectivity index (χ1n) is 13.1. The minimum absolute atomic E-state index is 0. The van der Waals surface area contributed by atoms with E-state index >= 15 is 0 Å². The number of carbonyl (C=O) groups is 1. The Morgan fingerprint density at radius 1 is 0.875 bits per heavy atom. The van der Waals surface area contributed by atoms with Crippen molar-refractivity contribution in [3.05, 3.63) is 33.9 Å². The van der Waals surface area contributed by atoms with E-state index in [4.69, 9.17) is 10.5 Å². The van der Waals surface area contributed by atoms with Crippen LogP contribution in [0.2, 0.25) is 0 Å². The second-order valence-electron chi connectivity index (χ2n) is 11.1. The van der Waals surface area contributed by atoms with Crippen LogP contribution < -0.4 is 5.73 Å². The van der Waals surface area contributed by atoms with Gasteiger partial charge in [-0.05, 0) is 72.1 Å². The third kappa shape index (κ3) is 6.87. The lowest BCUT2D eigenvalue weighted by Gasteiger charge is -2.35. The molecule has 0 saturated carbocycles. The topological polar surface area (TPSA) is 91.2 Å². The smallest absolute Gasteiger partial charge is 0.428 e. The van der Waals surface area contributed by atoms with E-state index in [1.807, 2.05) is 0 Å².